The van der Waals surface area contributed by atoms with Gasteiger partial charge in [-0.15, -0.1) is 5.54 Å². The van der Waals surface area contributed by atoms with Crippen LogP contribution in [0.4, 0.5) is 0 Å². The largest absolute Gasteiger partial charge is 0.496 e. The summed E-state index contributed by atoms with van der Waals surface area (Å²) in [6.07, 6.45) is 0. The molecule has 0 fully saturated rings. The van der Waals surface area contributed by atoms with Crippen LogP contribution in [-0.2, 0) is 0 Å². The first-order chi connectivity index (χ1) is 10.3. The number of carbonyl (C=O) groups is 1. The van der Waals surface area contributed by atoms with Crippen LogP contribution in [0.25, 0.3) is 0 Å². The summed E-state index contributed by atoms with van der Waals surface area (Å²) in [6.45, 7) is 13.5. The number of Topliss-reactive ketones (excluding diaryl/α,β-unsaturated/α-hetero) is 1. The third-order valence-corrected chi connectivity index (χ3v) is 10.9. The zero-order valence-corrected chi connectivity index (χ0v) is 15.9. The zero-order chi connectivity index (χ0) is 16.9. The maximum atomic E-state index is 12.5. The molecule has 0 saturated heterocycles. The van der Waals surface area contributed by atoms with Crippen LogP contribution in [0.2, 0.25) is 16.6 Å². The maximum absolute atomic E-state index is 12.5. The van der Waals surface area contributed by atoms with Gasteiger partial charge in [0, 0.05) is 0 Å². The van der Waals surface area contributed by atoms with Gasteiger partial charge < -0.3 is 4.74 Å². The van der Waals surface area contributed by atoms with E-state index < -0.39 is 8.07 Å². The fourth-order valence-corrected chi connectivity index (χ4v) is 8.69. The van der Waals surface area contributed by atoms with Crippen molar-refractivity contribution in [1.82, 2.24) is 0 Å². The Morgan fingerprint density at radius 2 is 1.50 bits per heavy atom. The predicted octanol–water partition coefficient (Wildman–Crippen LogP) is 5.10. The standard InChI is InChI=1S/C19H28O2Si/c1-14(2)22(15(3)4,16(5)6)13-12-18(20)17-10-8-9-11-19(17)21-7/h8-11,14-16H,1-7H3. The maximum Gasteiger partial charge on any atom is 0.239 e. The van der Waals surface area contributed by atoms with Crippen molar-refractivity contribution >= 4 is 13.9 Å². The highest BCUT2D eigenvalue weighted by molar-refractivity contribution is 6.90. The number of ketones is 1. The SMILES string of the molecule is COc1ccccc1C(=O)C#C[Si](C(C)C)(C(C)C)C(C)C. The van der Waals surface area contributed by atoms with Gasteiger partial charge in [0.15, 0.2) is 0 Å². The van der Waals surface area contributed by atoms with Crippen LogP contribution in [-0.4, -0.2) is 21.0 Å². The van der Waals surface area contributed by atoms with Gasteiger partial charge in [-0.25, -0.2) is 0 Å². The molecule has 0 bridgehead atoms. The summed E-state index contributed by atoms with van der Waals surface area (Å²) >= 11 is 0. The third-order valence-electron chi connectivity index (χ3n) is 4.61. The third kappa shape index (κ3) is 3.62. The van der Waals surface area contributed by atoms with E-state index in [0.717, 1.165) is 0 Å². The van der Waals surface area contributed by atoms with Gasteiger partial charge in [0.25, 0.3) is 0 Å². The summed E-state index contributed by atoms with van der Waals surface area (Å²) < 4.78 is 5.26. The second-order valence-electron chi connectivity index (χ2n) is 6.68. The summed E-state index contributed by atoms with van der Waals surface area (Å²) in [5, 5.41) is 0. The highest BCUT2D eigenvalue weighted by atomic mass is 28.3. The molecule has 0 saturated carbocycles. The highest BCUT2D eigenvalue weighted by Gasteiger charge is 2.41. The second kappa shape index (κ2) is 7.65. The number of hydrogen-bond donors (Lipinski definition) is 0. The summed E-state index contributed by atoms with van der Waals surface area (Å²) in [5.41, 5.74) is 5.57. The first-order valence-electron chi connectivity index (χ1n) is 7.97. The van der Waals surface area contributed by atoms with Gasteiger partial charge in [-0.1, -0.05) is 53.7 Å². The van der Waals surface area contributed by atoms with Gasteiger partial charge in [-0.05, 0) is 34.7 Å². The fraction of sp³-hybridized carbons (Fsp3) is 0.526. The Balaban J connectivity index is 3.26. The lowest BCUT2D eigenvalue weighted by molar-refractivity contribution is 0.105. The lowest BCUT2D eigenvalue weighted by Gasteiger charge is -2.37. The Bertz CT molecular complexity index is 555. The van der Waals surface area contributed by atoms with Crippen LogP contribution in [0.1, 0.15) is 51.9 Å². The van der Waals surface area contributed by atoms with Crippen LogP contribution < -0.4 is 4.74 Å². The van der Waals surface area contributed by atoms with Crippen molar-refractivity contribution in [2.45, 2.75) is 58.2 Å². The average Bonchev–Trinajstić information content (AvgIpc) is 2.46. The van der Waals surface area contributed by atoms with Crippen LogP contribution >= 0.6 is 0 Å². The van der Waals surface area contributed by atoms with E-state index in [2.05, 4.69) is 53.0 Å². The van der Waals surface area contributed by atoms with E-state index in [1.165, 1.54) is 0 Å². The van der Waals surface area contributed by atoms with Crippen molar-refractivity contribution in [3.63, 3.8) is 0 Å². The number of hydrogen-bond acceptors (Lipinski definition) is 2. The van der Waals surface area contributed by atoms with E-state index in [4.69, 9.17) is 4.74 Å². The number of benzene rings is 1. The van der Waals surface area contributed by atoms with E-state index in [0.29, 0.717) is 27.9 Å². The van der Waals surface area contributed by atoms with Crippen LogP contribution in [0.15, 0.2) is 24.3 Å². The lowest BCUT2D eigenvalue weighted by atomic mass is 10.1. The molecular weight excluding hydrogens is 288 g/mol. The summed E-state index contributed by atoms with van der Waals surface area (Å²) in [4.78, 5) is 12.5. The van der Waals surface area contributed by atoms with Crippen molar-refractivity contribution < 1.29 is 9.53 Å². The van der Waals surface area contributed by atoms with Crippen LogP contribution in [0.3, 0.4) is 0 Å². The van der Waals surface area contributed by atoms with Crippen molar-refractivity contribution in [2.24, 2.45) is 0 Å². The summed E-state index contributed by atoms with van der Waals surface area (Å²) in [7, 11) is -0.295. The molecule has 0 aliphatic carbocycles. The van der Waals surface area contributed by atoms with Gasteiger partial charge >= 0.3 is 0 Å². The minimum Gasteiger partial charge on any atom is -0.496 e. The topological polar surface area (TPSA) is 26.3 Å². The minimum absolute atomic E-state index is 0.142. The second-order valence-corrected chi connectivity index (χ2v) is 12.3. The number of rotatable bonds is 5. The molecule has 3 heteroatoms. The monoisotopic (exact) mass is 316 g/mol. The van der Waals surface area contributed by atoms with Crippen LogP contribution in [0, 0.1) is 11.5 Å². The van der Waals surface area contributed by atoms with Crippen LogP contribution in [0.5, 0.6) is 5.75 Å². The molecule has 22 heavy (non-hydrogen) atoms. The molecule has 0 aliphatic heterocycles. The van der Waals surface area contributed by atoms with Crippen molar-refractivity contribution in [2.75, 3.05) is 7.11 Å². The smallest absolute Gasteiger partial charge is 0.239 e. The molecule has 0 radical (unpaired) electrons. The first-order valence-corrected chi connectivity index (χ1v) is 10.2. The number of carbonyl (C=O) groups excluding carboxylic acids is 1. The van der Waals surface area contributed by atoms with Gasteiger partial charge in [0.2, 0.25) is 5.78 Å². The number of ether oxygens (including phenoxy) is 1. The molecule has 120 valence electrons. The Morgan fingerprint density at radius 3 is 1.95 bits per heavy atom. The van der Waals surface area contributed by atoms with E-state index in [-0.39, 0.29) is 5.78 Å². The van der Waals surface area contributed by atoms with Crippen molar-refractivity contribution in [3.8, 4) is 17.2 Å². The Hall–Kier alpha value is -1.53. The van der Waals surface area contributed by atoms with Gasteiger partial charge in [-0.2, -0.15) is 0 Å². The molecular formula is C19H28O2Si. The predicted molar refractivity (Wildman–Crippen MR) is 96.1 cm³/mol. The lowest BCUT2D eigenvalue weighted by Crippen LogP contribution is -2.43. The molecule has 1 rings (SSSR count). The summed E-state index contributed by atoms with van der Waals surface area (Å²) in [5.74, 6) is 3.40. The molecule has 0 heterocycles. The summed E-state index contributed by atoms with van der Waals surface area (Å²) in [6, 6.07) is 7.28. The molecule has 1 aromatic carbocycles. The molecule has 0 aromatic heterocycles. The molecule has 0 amide bonds. The van der Waals surface area contributed by atoms with E-state index in [9.17, 15) is 4.79 Å². The Kier molecular flexibility index (Phi) is 6.43. The fourth-order valence-electron chi connectivity index (χ4n) is 3.50. The Labute approximate surface area is 136 Å². The quantitative estimate of drug-likeness (QED) is 0.429. The molecule has 2 nitrogen and oxygen atoms in total. The Morgan fingerprint density at radius 1 is 1.00 bits per heavy atom. The van der Waals surface area contributed by atoms with E-state index in [1.807, 2.05) is 12.1 Å². The van der Waals surface area contributed by atoms with E-state index in [1.54, 1.807) is 19.2 Å². The molecule has 1 aromatic rings. The van der Waals surface area contributed by atoms with Crippen molar-refractivity contribution in [1.29, 1.82) is 0 Å². The molecule has 0 unspecified atom stereocenters. The molecule has 0 atom stereocenters. The normalized spacial score (nSPS) is 11.5. The molecule has 0 spiro atoms. The van der Waals surface area contributed by atoms with Gasteiger partial charge in [-0.3, -0.25) is 4.79 Å². The van der Waals surface area contributed by atoms with E-state index >= 15 is 0 Å². The number of methoxy groups -OCH3 is 1. The van der Waals surface area contributed by atoms with Crippen molar-refractivity contribution in [3.05, 3.63) is 29.8 Å². The molecule has 0 aliphatic rings. The van der Waals surface area contributed by atoms with Gasteiger partial charge in [0.1, 0.15) is 13.8 Å². The zero-order valence-electron chi connectivity index (χ0n) is 14.9. The average molecular weight is 317 g/mol. The minimum atomic E-state index is -1.87. The molecule has 0 N–H and O–H groups in total. The first kappa shape index (κ1) is 18.5. The number of para-hydroxylation sites is 1. The van der Waals surface area contributed by atoms with Gasteiger partial charge in [0.05, 0.1) is 12.7 Å². The highest BCUT2D eigenvalue weighted by Crippen LogP contribution is 2.40.